The molecule has 0 radical (unpaired) electrons. The first kappa shape index (κ1) is 18.6. The van der Waals surface area contributed by atoms with Gasteiger partial charge in [-0.1, -0.05) is 18.2 Å². The van der Waals surface area contributed by atoms with E-state index in [9.17, 15) is 31.4 Å². The zero-order valence-electron chi connectivity index (χ0n) is 12.2. The Balaban J connectivity index is 2.08. The molecule has 0 saturated carbocycles. The third-order valence-corrected chi connectivity index (χ3v) is 2.72. The molecule has 10 heteroatoms. The Labute approximate surface area is 137 Å². The van der Waals surface area contributed by atoms with Gasteiger partial charge in [0.15, 0.2) is 11.5 Å². The summed E-state index contributed by atoms with van der Waals surface area (Å²) < 4.78 is 85.7. The predicted octanol–water partition coefficient (Wildman–Crippen LogP) is 4.77. The number of hydrogen-bond donors (Lipinski definition) is 1. The normalized spacial score (nSPS) is 11.9. The number of phenols is 1. The quantitative estimate of drug-likeness (QED) is 0.773. The molecule has 0 aliphatic heterocycles. The van der Waals surface area contributed by atoms with Crippen molar-refractivity contribution in [1.82, 2.24) is 0 Å². The van der Waals surface area contributed by atoms with Crippen LogP contribution >= 0.6 is 0 Å². The number of halogens is 6. The van der Waals surface area contributed by atoms with Crippen molar-refractivity contribution in [3.05, 3.63) is 48.0 Å². The molecule has 136 valence electrons. The maximum atomic E-state index is 12.3. The minimum atomic E-state index is -4.98. The van der Waals surface area contributed by atoms with Crippen LogP contribution in [0.15, 0.2) is 42.5 Å². The molecule has 0 aliphatic carbocycles. The first-order valence-corrected chi connectivity index (χ1v) is 6.59. The van der Waals surface area contributed by atoms with Crippen molar-refractivity contribution in [1.29, 1.82) is 0 Å². The molecule has 0 atom stereocenters. The average Bonchev–Trinajstić information content (AvgIpc) is 2.45. The van der Waals surface area contributed by atoms with E-state index in [2.05, 4.69) is 9.47 Å². The second kappa shape index (κ2) is 6.99. The van der Waals surface area contributed by atoms with Crippen molar-refractivity contribution < 1.29 is 45.7 Å². The van der Waals surface area contributed by atoms with Crippen molar-refractivity contribution in [2.45, 2.75) is 19.3 Å². The number of para-hydroxylation sites is 1. The molecule has 0 aliphatic rings. The van der Waals surface area contributed by atoms with E-state index in [-0.39, 0.29) is 6.61 Å². The van der Waals surface area contributed by atoms with Crippen LogP contribution < -0.4 is 14.2 Å². The summed E-state index contributed by atoms with van der Waals surface area (Å²) in [5.41, 5.74) is 0.329. The lowest BCUT2D eigenvalue weighted by Gasteiger charge is -2.15. The lowest BCUT2D eigenvalue weighted by molar-refractivity contribution is -0.276. The summed E-state index contributed by atoms with van der Waals surface area (Å²) in [7, 11) is 0. The fourth-order valence-electron chi connectivity index (χ4n) is 1.80. The Kier molecular flexibility index (Phi) is 5.19. The number of benzene rings is 2. The van der Waals surface area contributed by atoms with Crippen LogP contribution in [0.4, 0.5) is 26.3 Å². The van der Waals surface area contributed by atoms with Gasteiger partial charge in [0.25, 0.3) is 0 Å². The molecule has 0 fully saturated rings. The molecule has 0 amide bonds. The van der Waals surface area contributed by atoms with Crippen LogP contribution in [0.5, 0.6) is 23.0 Å². The molecule has 0 saturated heterocycles. The Morgan fingerprint density at radius 3 is 1.96 bits per heavy atom. The van der Waals surface area contributed by atoms with Crippen LogP contribution in [-0.4, -0.2) is 17.8 Å². The zero-order valence-corrected chi connectivity index (χ0v) is 12.2. The minimum Gasteiger partial charge on any atom is -0.504 e. The van der Waals surface area contributed by atoms with Gasteiger partial charge >= 0.3 is 12.7 Å². The van der Waals surface area contributed by atoms with Gasteiger partial charge in [-0.2, -0.15) is 0 Å². The molecule has 4 nitrogen and oxygen atoms in total. The van der Waals surface area contributed by atoms with Gasteiger partial charge in [-0.05, 0) is 29.8 Å². The summed E-state index contributed by atoms with van der Waals surface area (Å²) in [5.74, 6) is -2.33. The number of alkyl halides is 6. The lowest BCUT2D eigenvalue weighted by atomic mass is 10.2. The third kappa shape index (κ3) is 5.98. The largest absolute Gasteiger partial charge is 0.573 e. The van der Waals surface area contributed by atoms with E-state index in [0.29, 0.717) is 5.56 Å². The van der Waals surface area contributed by atoms with E-state index in [1.54, 1.807) is 0 Å². The SMILES string of the molecule is Oc1cccc(OC(F)(F)F)c1OCc1ccc(OC(F)(F)F)cc1. The number of hydrogen-bond acceptors (Lipinski definition) is 4. The number of phenolic OH excluding ortho intramolecular Hbond substituents is 1. The van der Waals surface area contributed by atoms with E-state index in [0.717, 1.165) is 30.3 Å². The second-order valence-corrected chi connectivity index (χ2v) is 4.63. The van der Waals surface area contributed by atoms with Crippen LogP contribution in [-0.2, 0) is 6.61 Å². The summed E-state index contributed by atoms with van der Waals surface area (Å²) in [6.45, 7) is -0.321. The molecule has 2 rings (SSSR count). The summed E-state index contributed by atoms with van der Waals surface area (Å²) in [5, 5.41) is 9.62. The van der Waals surface area contributed by atoms with Crippen LogP contribution in [0.3, 0.4) is 0 Å². The fraction of sp³-hybridized carbons (Fsp3) is 0.200. The van der Waals surface area contributed by atoms with Gasteiger partial charge in [-0.3, -0.25) is 0 Å². The summed E-state index contributed by atoms with van der Waals surface area (Å²) >= 11 is 0. The van der Waals surface area contributed by atoms with E-state index >= 15 is 0 Å². The molecule has 2 aromatic carbocycles. The molecule has 25 heavy (non-hydrogen) atoms. The monoisotopic (exact) mass is 368 g/mol. The van der Waals surface area contributed by atoms with E-state index in [1.165, 1.54) is 12.1 Å². The van der Waals surface area contributed by atoms with Gasteiger partial charge in [-0.25, -0.2) is 0 Å². The van der Waals surface area contributed by atoms with E-state index < -0.39 is 35.7 Å². The van der Waals surface area contributed by atoms with Crippen molar-refractivity contribution in [3.8, 4) is 23.0 Å². The molecule has 0 aromatic heterocycles. The average molecular weight is 368 g/mol. The molecular weight excluding hydrogens is 358 g/mol. The van der Waals surface area contributed by atoms with Crippen LogP contribution in [0, 0.1) is 0 Å². The first-order chi connectivity index (χ1) is 11.5. The van der Waals surface area contributed by atoms with Crippen molar-refractivity contribution >= 4 is 0 Å². The Bertz CT molecular complexity index is 709. The molecule has 0 heterocycles. The Morgan fingerprint density at radius 2 is 1.40 bits per heavy atom. The smallest absolute Gasteiger partial charge is 0.504 e. The predicted molar refractivity (Wildman–Crippen MR) is 72.2 cm³/mol. The molecular formula is C15H10F6O4. The summed E-state index contributed by atoms with van der Waals surface area (Å²) in [4.78, 5) is 0. The fourth-order valence-corrected chi connectivity index (χ4v) is 1.80. The van der Waals surface area contributed by atoms with Crippen molar-refractivity contribution in [2.75, 3.05) is 0 Å². The molecule has 1 N–H and O–H groups in total. The highest BCUT2D eigenvalue weighted by Crippen LogP contribution is 2.39. The summed E-state index contributed by atoms with van der Waals surface area (Å²) in [6, 6.07) is 7.67. The van der Waals surface area contributed by atoms with Gasteiger partial charge in [0.2, 0.25) is 5.75 Å². The number of ether oxygens (including phenoxy) is 3. The highest BCUT2D eigenvalue weighted by Gasteiger charge is 2.33. The second-order valence-electron chi connectivity index (χ2n) is 4.63. The Hall–Kier alpha value is -2.78. The van der Waals surface area contributed by atoms with Gasteiger partial charge in [0, 0.05) is 0 Å². The third-order valence-electron chi connectivity index (χ3n) is 2.72. The number of aromatic hydroxyl groups is 1. The van der Waals surface area contributed by atoms with Crippen LogP contribution in [0.2, 0.25) is 0 Å². The minimum absolute atomic E-state index is 0.321. The maximum Gasteiger partial charge on any atom is 0.573 e. The van der Waals surface area contributed by atoms with Crippen LogP contribution in [0.25, 0.3) is 0 Å². The molecule has 0 unspecified atom stereocenters. The standard InChI is InChI=1S/C15H10F6O4/c16-14(17,18)24-10-6-4-9(5-7-10)8-23-13-11(22)2-1-3-12(13)25-15(19,20)21/h1-7,22H,8H2. The Morgan fingerprint density at radius 1 is 0.800 bits per heavy atom. The topological polar surface area (TPSA) is 47.9 Å². The molecule has 0 bridgehead atoms. The van der Waals surface area contributed by atoms with E-state index in [4.69, 9.17) is 4.74 Å². The number of rotatable bonds is 5. The highest BCUT2D eigenvalue weighted by molar-refractivity contribution is 5.50. The van der Waals surface area contributed by atoms with Crippen molar-refractivity contribution in [2.24, 2.45) is 0 Å². The van der Waals surface area contributed by atoms with Crippen LogP contribution in [0.1, 0.15) is 5.56 Å². The van der Waals surface area contributed by atoms with E-state index in [1.807, 2.05) is 0 Å². The van der Waals surface area contributed by atoms with Gasteiger partial charge < -0.3 is 19.3 Å². The zero-order chi connectivity index (χ0) is 18.7. The lowest BCUT2D eigenvalue weighted by Crippen LogP contribution is -2.17. The van der Waals surface area contributed by atoms with Gasteiger partial charge in [-0.15, -0.1) is 26.3 Å². The summed E-state index contributed by atoms with van der Waals surface area (Å²) in [6.07, 6.45) is -9.82. The van der Waals surface area contributed by atoms with Gasteiger partial charge in [0.1, 0.15) is 12.4 Å². The van der Waals surface area contributed by atoms with Gasteiger partial charge in [0.05, 0.1) is 0 Å². The van der Waals surface area contributed by atoms with Crippen molar-refractivity contribution in [3.63, 3.8) is 0 Å². The first-order valence-electron chi connectivity index (χ1n) is 6.59. The maximum absolute atomic E-state index is 12.3. The molecule has 2 aromatic rings. The molecule has 0 spiro atoms. The highest BCUT2D eigenvalue weighted by atomic mass is 19.4.